The first-order valence-electron chi connectivity index (χ1n) is 7.11. The predicted octanol–water partition coefficient (Wildman–Crippen LogP) is 3.06. The smallest absolute Gasteiger partial charge is 0.270 e. The van der Waals surface area contributed by atoms with Crippen LogP contribution in [0.15, 0.2) is 59.8 Å². The quantitative estimate of drug-likeness (QED) is 0.380. The number of hydrogen-bond acceptors (Lipinski definition) is 7. The second-order valence-corrected chi connectivity index (χ2v) is 4.89. The Balaban J connectivity index is 2.61. The van der Waals surface area contributed by atoms with Crippen LogP contribution in [0.4, 0.5) is 11.4 Å². The second-order valence-electron chi connectivity index (χ2n) is 4.89. The van der Waals surface area contributed by atoms with Crippen LogP contribution >= 0.6 is 0 Å². The number of nitro groups is 1. The van der Waals surface area contributed by atoms with Gasteiger partial charge in [0, 0.05) is 17.7 Å². The monoisotopic (exact) mass is 343 g/mol. The fourth-order valence-corrected chi connectivity index (χ4v) is 2.11. The maximum atomic E-state index is 12.7. The van der Waals surface area contributed by atoms with Crippen molar-refractivity contribution >= 4 is 17.2 Å². The molecule has 0 saturated carbocycles. The lowest BCUT2D eigenvalue weighted by atomic mass is 10.0. The summed E-state index contributed by atoms with van der Waals surface area (Å²) in [6.07, 6.45) is 0. The van der Waals surface area contributed by atoms with E-state index >= 15 is 0 Å². The third-order valence-electron chi connectivity index (χ3n) is 3.34. The third kappa shape index (κ3) is 3.70. The Morgan fingerprint density at radius 3 is 2.19 bits per heavy atom. The van der Waals surface area contributed by atoms with Crippen molar-refractivity contribution in [1.29, 1.82) is 15.8 Å². The van der Waals surface area contributed by atoms with Crippen molar-refractivity contribution in [2.75, 3.05) is 5.32 Å². The molecule has 8 heteroatoms. The van der Waals surface area contributed by atoms with Gasteiger partial charge in [0.15, 0.2) is 11.4 Å². The number of carbonyl (C=O) groups is 1. The van der Waals surface area contributed by atoms with E-state index in [2.05, 4.69) is 5.32 Å². The first-order valence-corrected chi connectivity index (χ1v) is 7.11. The highest BCUT2D eigenvalue weighted by Gasteiger charge is 2.19. The molecule has 0 saturated heterocycles. The molecule has 2 aromatic carbocycles. The molecule has 0 aliphatic rings. The molecule has 2 rings (SSSR count). The van der Waals surface area contributed by atoms with Crippen LogP contribution in [0.5, 0.6) is 0 Å². The molecule has 0 aromatic heterocycles. The van der Waals surface area contributed by atoms with E-state index in [0.717, 1.165) is 12.1 Å². The first kappa shape index (κ1) is 17.9. The summed E-state index contributed by atoms with van der Waals surface area (Å²) in [5.41, 5.74) is -0.829. The van der Waals surface area contributed by atoms with Crippen LogP contribution in [-0.4, -0.2) is 10.7 Å². The van der Waals surface area contributed by atoms with Crippen molar-refractivity contribution in [3.63, 3.8) is 0 Å². The Bertz CT molecular complexity index is 1020. The molecule has 0 spiro atoms. The number of anilines is 1. The Hall–Kier alpha value is -4.48. The number of hydrogen-bond donors (Lipinski definition) is 1. The van der Waals surface area contributed by atoms with E-state index in [4.69, 9.17) is 15.8 Å². The molecular weight excluding hydrogens is 334 g/mol. The minimum Gasteiger partial charge on any atom is -0.345 e. The highest BCUT2D eigenvalue weighted by atomic mass is 16.6. The largest absolute Gasteiger partial charge is 0.345 e. The summed E-state index contributed by atoms with van der Waals surface area (Å²) in [6, 6.07) is 16.4. The van der Waals surface area contributed by atoms with Crippen molar-refractivity contribution in [3.05, 3.63) is 81.0 Å². The van der Waals surface area contributed by atoms with Crippen LogP contribution in [0.2, 0.25) is 0 Å². The minimum atomic E-state index is -0.650. The number of ketones is 1. The van der Waals surface area contributed by atoms with Gasteiger partial charge in [0.1, 0.15) is 23.9 Å². The van der Waals surface area contributed by atoms with Gasteiger partial charge in [-0.2, -0.15) is 15.8 Å². The first-order chi connectivity index (χ1) is 12.5. The summed E-state index contributed by atoms with van der Waals surface area (Å²) >= 11 is 0. The fourth-order valence-electron chi connectivity index (χ4n) is 2.11. The molecule has 0 amide bonds. The van der Waals surface area contributed by atoms with Gasteiger partial charge in [0.2, 0.25) is 0 Å². The fraction of sp³-hybridized carbons (Fsp3) is 0. The van der Waals surface area contributed by atoms with Crippen LogP contribution < -0.4 is 5.32 Å². The van der Waals surface area contributed by atoms with Gasteiger partial charge in [-0.3, -0.25) is 14.9 Å². The third-order valence-corrected chi connectivity index (χ3v) is 3.34. The normalized spacial score (nSPS) is 9.12. The van der Waals surface area contributed by atoms with Gasteiger partial charge in [-0.25, -0.2) is 0 Å². The molecule has 0 aliphatic carbocycles. The molecule has 0 bridgehead atoms. The SMILES string of the molecule is N#CC(C#N)=C(C#N)Nc1ccc([N+](=O)[O-])cc1C(=O)c1ccccc1. The van der Waals surface area contributed by atoms with E-state index in [1.807, 2.05) is 0 Å². The molecule has 0 heterocycles. The average molecular weight is 343 g/mol. The lowest BCUT2D eigenvalue weighted by molar-refractivity contribution is -0.384. The summed E-state index contributed by atoms with van der Waals surface area (Å²) in [4.78, 5) is 23.1. The topological polar surface area (TPSA) is 144 Å². The van der Waals surface area contributed by atoms with Gasteiger partial charge in [-0.05, 0) is 6.07 Å². The van der Waals surface area contributed by atoms with E-state index in [1.165, 1.54) is 6.07 Å². The van der Waals surface area contributed by atoms with Crippen molar-refractivity contribution in [3.8, 4) is 18.2 Å². The molecular formula is C18H9N5O3. The van der Waals surface area contributed by atoms with Crippen LogP contribution in [0.25, 0.3) is 0 Å². The van der Waals surface area contributed by atoms with Crippen molar-refractivity contribution in [2.24, 2.45) is 0 Å². The number of carbonyl (C=O) groups excluding carboxylic acids is 1. The summed E-state index contributed by atoms with van der Waals surface area (Å²) < 4.78 is 0. The Kier molecular flexibility index (Phi) is 5.41. The molecule has 124 valence electrons. The standard InChI is InChI=1S/C18H9N5O3/c19-9-13(10-20)17(11-21)22-16-7-6-14(23(25)26)8-15(16)18(24)12-4-2-1-3-5-12/h1-8,22H. The van der Waals surface area contributed by atoms with Gasteiger partial charge in [-0.1, -0.05) is 30.3 Å². The van der Waals surface area contributed by atoms with Crippen molar-refractivity contribution < 1.29 is 9.72 Å². The molecule has 2 aromatic rings. The lowest BCUT2D eigenvalue weighted by Crippen LogP contribution is -2.09. The second kappa shape index (κ2) is 7.87. The lowest BCUT2D eigenvalue weighted by Gasteiger charge is -2.10. The maximum absolute atomic E-state index is 12.7. The maximum Gasteiger partial charge on any atom is 0.270 e. The van der Waals surface area contributed by atoms with Crippen LogP contribution in [0.1, 0.15) is 15.9 Å². The van der Waals surface area contributed by atoms with Crippen molar-refractivity contribution in [1.82, 2.24) is 0 Å². The highest BCUT2D eigenvalue weighted by Crippen LogP contribution is 2.26. The van der Waals surface area contributed by atoms with E-state index in [-0.39, 0.29) is 22.6 Å². The number of nitrogens with zero attached hydrogens (tertiary/aromatic N) is 4. The molecule has 0 radical (unpaired) electrons. The zero-order chi connectivity index (χ0) is 19.1. The number of nitriles is 3. The van der Waals surface area contributed by atoms with Gasteiger partial charge >= 0.3 is 0 Å². The summed E-state index contributed by atoms with van der Waals surface area (Å²) in [5, 5.41) is 40.5. The minimum absolute atomic E-state index is 0.0617. The molecule has 0 fully saturated rings. The van der Waals surface area contributed by atoms with E-state index in [0.29, 0.717) is 5.56 Å². The van der Waals surface area contributed by atoms with Crippen LogP contribution in [0, 0.1) is 44.1 Å². The molecule has 0 unspecified atom stereocenters. The Labute approximate surface area is 148 Å². The summed E-state index contributed by atoms with van der Waals surface area (Å²) in [6.45, 7) is 0. The van der Waals surface area contributed by atoms with E-state index < -0.39 is 16.3 Å². The zero-order valence-electron chi connectivity index (χ0n) is 13.1. The molecule has 0 aliphatic heterocycles. The average Bonchev–Trinajstić information content (AvgIpc) is 2.68. The van der Waals surface area contributed by atoms with Gasteiger partial charge < -0.3 is 5.32 Å². The summed E-state index contributed by atoms with van der Waals surface area (Å²) in [7, 11) is 0. The van der Waals surface area contributed by atoms with Crippen LogP contribution in [-0.2, 0) is 0 Å². The summed E-state index contributed by atoms with van der Waals surface area (Å²) in [5.74, 6) is -0.510. The number of nitro benzene ring substituents is 1. The molecule has 8 nitrogen and oxygen atoms in total. The highest BCUT2D eigenvalue weighted by molar-refractivity contribution is 6.12. The molecule has 1 N–H and O–H groups in total. The number of nitrogens with one attached hydrogen (secondary N) is 1. The van der Waals surface area contributed by atoms with Gasteiger partial charge in [-0.15, -0.1) is 0 Å². The Morgan fingerprint density at radius 1 is 1.00 bits per heavy atom. The molecule has 26 heavy (non-hydrogen) atoms. The number of non-ortho nitro benzene ring substituents is 1. The van der Waals surface area contributed by atoms with E-state index in [9.17, 15) is 14.9 Å². The number of rotatable bonds is 5. The van der Waals surface area contributed by atoms with Crippen LogP contribution in [0.3, 0.4) is 0 Å². The molecule has 0 atom stereocenters. The Morgan fingerprint density at radius 2 is 1.65 bits per heavy atom. The zero-order valence-corrected chi connectivity index (χ0v) is 13.1. The predicted molar refractivity (Wildman–Crippen MR) is 90.5 cm³/mol. The van der Waals surface area contributed by atoms with Gasteiger partial charge in [0.25, 0.3) is 5.69 Å². The number of allylic oxidation sites excluding steroid dienone is 2. The van der Waals surface area contributed by atoms with Gasteiger partial charge in [0.05, 0.1) is 16.2 Å². The van der Waals surface area contributed by atoms with E-state index in [1.54, 1.807) is 48.5 Å². The van der Waals surface area contributed by atoms with Crippen molar-refractivity contribution in [2.45, 2.75) is 0 Å². The number of benzene rings is 2.